The van der Waals surface area contributed by atoms with Crippen LogP contribution < -0.4 is 0 Å². The van der Waals surface area contributed by atoms with Gasteiger partial charge in [-0.05, 0) is 43.7 Å². The molecule has 4 aromatic heterocycles. The number of fused-ring (bicyclic) bond motifs is 3. The third-order valence-corrected chi connectivity index (χ3v) is 5.16. The second kappa shape index (κ2) is 5.89. The quantitative estimate of drug-likeness (QED) is 0.459. The summed E-state index contributed by atoms with van der Waals surface area (Å²) in [6.07, 6.45) is 3.46. The van der Waals surface area contributed by atoms with Gasteiger partial charge in [0.05, 0.1) is 10.4 Å². The summed E-state index contributed by atoms with van der Waals surface area (Å²) in [5.41, 5.74) is 4.55. The first kappa shape index (κ1) is 16.0. The second-order valence-electron chi connectivity index (χ2n) is 6.36. The number of rotatable bonds is 2. The standard InChI is InChI=1S/C20H15ClN6/c1-12-13(2)27(16-9-5-6-10-22-16)19-17(12)20-24-18(25-26(20)11-23-19)14-7-3-4-8-15(14)21/h3-11H,1-2H3. The molecule has 27 heavy (non-hydrogen) atoms. The van der Waals surface area contributed by atoms with E-state index in [9.17, 15) is 0 Å². The molecule has 0 aliphatic rings. The van der Waals surface area contributed by atoms with Gasteiger partial charge in [0.15, 0.2) is 17.1 Å². The molecule has 0 bridgehead atoms. The van der Waals surface area contributed by atoms with Crippen LogP contribution >= 0.6 is 11.6 Å². The van der Waals surface area contributed by atoms with Gasteiger partial charge in [0.2, 0.25) is 0 Å². The zero-order valence-electron chi connectivity index (χ0n) is 14.8. The van der Waals surface area contributed by atoms with E-state index in [4.69, 9.17) is 16.6 Å². The summed E-state index contributed by atoms with van der Waals surface area (Å²) in [4.78, 5) is 13.9. The number of benzene rings is 1. The van der Waals surface area contributed by atoms with E-state index in [-0.39, 0.29) is 0 Å². The molecule has 5 rings (SSSR count). The lowest BCUT2D eigenvalue weighted by Gasteiger charge is -2.05. The van der Waals surface area contributed by atoms with Crippen LogP contribution in [0.15, 0.2) is 55.0 Å². The first-order valence-electron chi connectivity index (χ1n) is 8.54. The van der Waals surface area contributed by atoms with E-state index in [1.807, 2.05) is 42.5 Å². The molecule has 132 valence electrons. The predicted molar refractivity (Wildman–Crippen MR) is 105 cm³/mol. The average Bonchev–Trinajstić information content (AvgIpc) is 3.22. The van der Waals surface area contributed by atoms with Crippen molar-refractivity contribution >= 4 is 28.3 Å². The Morgan fingerprint density at radius 1 is 0.926 bits per heavy atom. The molecule has 0 N–H and O–H groups in total. The average molecular weight is 375 g/mol. The molecule has 0 spiro atoms. The molecule has 5 aromatic rings. The minimum atomic E-state index is 0.581. The van der Waals surface area contributed by atoms with Gasteiger partial charge in [-0.25, -0.2) is 19.5 Å². The van der Waals surface area contributed by atoms with Crippen LogP contribution in [0.1, 0.15) is 11.3 Å². The normalized spacial score (nSPS) is 11.5. The van der Waals surface area contributed by atoms with Crippen LogP contribution in [0.25, 0.3) is 33.9 Å². The third kappa shape index (κ3) is 2.34. The summed E-state index contributed by atoms with van der Waals surface area (Å²) in [5, 5.41) is 6.17. The molecule has 0 amide bonds. The van der Waals surface area contributed by atoms with Crippen molar-refractivity contribution in [2.75, 3.05) is 0 Å². The highest BCUT2D eigenvalue weighted by atomic mass is 35.5. The maximum absolute atomic E-state index is 6.33. The van der Waals surface area contributed by atoms with Gasteiger partial charge < -0.3 is 0 Å². The number of aryl methyl sites for hydroxylation is 1. The fourth-order valence-electron chi connectivity index (χ4n) is 3.38. The predicted octanol–water partition coefficient (Wildman–Crippen LogP) is 4.40. The van der Waals surface area contributed by atoms with Gasteiger partial charge in [0, 0.05) is 17.5 Å². The number of hydrogen-bond acceptors (Lipinski definition) is 4. The SMILES string of the molecule is Cc1c(C)n(-c2ccccn2)c2ncn3nc(-c4ccccc4Cl)nc3c12. The molecule has 0 atom stereocenters. The lowest BCUT2D eigenvalue weighted by Crippen LogP contribution is -2.01. The summed E-state index contributed by atoms with van der Waals surface area (Å²) < 4.78 is 3.75. The van der Waals surface area contributed by atoms with Crippen molar-refractivity contribution in [2.24, 2.45) is 0 Å². The van der Waals surface area contributed by atoms with E-state index in [0.29, 0.717) is 10.8 Å². The Morgan fingerprint density at radius 3 is 2.52 bits per heavy atom. The Labute approximate surface area is 160 Å². The van der Waals surface area contributed by atoms with Crippen molar-refractivity contribution in [1.82, 2.24) is 29.1 Å². The van der Waals surface area contributed by atoms with Crippen LogP contribution in [0, 0.1) is 13.8 Å². The van der Waals surface area contributed by atoms with Gasteiger partial charge in [0.1, 0.15) is 12.1 Å². The van der Waals surface area contributed by atoms with Crippen LogP contribution in [-0.2, 0) is 0 Å². The van der Waals surface area contributed by atoms with E-state index in [1.165, 1.54) is 0 Å². The molecule has 0 fully saturated rings. The molecular formula is C20H15ClN6. The highest BCUT2D eigenvalue weighted by molar-refractivity contribution is 6.33. The Balaban J connectivity index is 1.83. The zero-order valence-corrected chi connectivity index (χ0v) is 15.5. The van der Waals surface area contributed by atoms with Crippen molar-refractivity contribution in [3.63, 3.8) is 0 Å². The van der Waals surface area contributed by atoms with Crippen LogP contribution in [0.4, 0.5) is 0 Å². The molecule has 6 nitrogen and oxygen atoms in total. The Hall–Kier alpha value is -3.25. The lowest BCUT2D eigenvalue weighted by molar-refractivity contribution is 0.919. The molecule has 0 unspecified atom stereocenters. The van der Waals surface area contributed by atoms with Crippen LogP contribution in [-0.4, -0.2) is 29.1 Å². The van der Waals surface area contributed by atoms with Crippen molar-refractivity contribution in [3.8, 4) is 17.2 Å². The monoisotopic (exact) mass is 374 g/mol. The van der Waals surface area contributed by atoms with E-state index in [2.05, 4.69) is 33.5 Å². The van der Waals surface area contributed by atoms with Crippen molar-refractivity contribution < 1.29 is 0 Å². The minimum absolute atomic E-state index is 0.581. The van der Waals surface area contributed by atoms with Crippen molar-refractivity contribution in [3.05, 3.63) is 71.3 Å². The van der Waals surface area contributed by atoms with E-state index in [1.54, 1.807) is 17.0 Å². The maximum Gasteiger partial charge on any atom is 0.183 e. The maximum atomic E-state index is 6.33. The Bertz CT molecular complexity index is 1300. The first-order chi connectivity index (χ1) is 13.1. The molecule has 1 aromatic carbocycles. The Kier molecular flexibility index (Phi) is 3.48. The molecular weight excluding hydrogens is 360 g/mol. The summed E-state index contributed by atoms with van der Waals surface area (Å²) in [6, 6.07) is 13.4. The molecule has 0 aliphatic heterocycles. The first-order valence-corrected chi connectivity index (χ1v) is 8.92. The van der Waals surface area contributed by atoms with E-state index >= 15 is 0 Å². The number of aromatic nitrogens is 6. The fraction of sp³-hybridized carbons (Fsp3) is 0.100. The summed E-state index contributed by atoms with van der Waals surface area (Å²) in [5.74, 6) is 1.41. The highest BCUT2D eigenvalue weighted by Crippen LogP contribution is 2.31. The van der Waals surface area contributed by atoms with Gasteiger partial charge in [-0.15, -0.1) is 5.10 Å². The van der Waals surface area contributed by atoms with E-state index in [0.717, 1.165) is 39.3 Å². The fourth-order valence-corrected chi connectivity index (χ4v) is 3.60. The molecule has 0 saturated carbocycles. The summed E-state index contributed by atoms with van der Waals surface area (Å²) >= 11 is 6.33. The highest BCUT2D eigenvalue weighted by Gasteiger charge is 2.20. The zero-order chi connectivity index (χ0) is 18.5. The molecule has 0 aliphatic carbocycles. The van der Waals surface area contributed by atoms with Crippen LogP contribution in [0.2, 0.25) is 5.02 Å². The van der Waals surface area contributed by atoms with Crippen molar-refractivity contribution in [1.29, 1.82) is 0 Å². The molecule has 7 heteroatoms. The summed E-state index contributed by atoms with van der Waals surface area (Å²) in [6.45, 7) is 4.14. The van der Waals surface area contributed by atoms with Gasteiger partial charge in [-0.1, -0.05) is 29.8 Å². The number of nitrogens with zero attached hydrogens (tertiary/aromatic N) is 6. The topological polar surface area (TPSA) is 60.9 Å². The molecule has 0 radical (unpaired) electrons. The Morgan fingerprint density at radius 2 is 1.74 bits per heavy atom. The van der Waals surface area contributed by atoms with Gasteiger partial charge >= 0.3 is 0 Å². The second-order valence-corrected chi connectivity index (χ2v) is 6.77. The third-order valence-electron chi connectivity index (χ3n) is 4.83. The summed E-state index contributed by atoms with van der Waals surface area (Å²) in [7, 11) is 0. The minimum Gasteiger partial charge on any atom is -0.282 e. The van der Waals surface area contributed by atoms with Gasteiger partial charge in [0.25, 0.3) is 0 Å². The lowest BCUT2D eigenvalue weighted by atomic mass is 10.2. The number of pyridine rings is 1. The van der Waals surface area contributed by atoms with Crippen molar-refractivity contribution in [2.45, 2.75) is 13.8 Å². The van der Waals surface area contributed by atoms with Gasteiger partial charge in [-0.2, -0.15) is 0 Å². The van der Waals surface area contributed by atoms with Gasteiger partial charge in [-0.3, -0.25) is 4.57 Å². The molecule has 0 saturated heterocycles. The largest absolute Gasteiger partial charge is 0.282 e. The van der Waals surface area contributed by atoms with Crippen LogP contribution in [0.5, 0.6) is 0 Å². The van der Waals surface area contributed by atoms with Crippen LogP contribution in [0.3, 0.4) is 0 Å². The smallest absolute Gasteiger partial charge is 0.183 e. The number of hydrogen-bond donors (Lipinski definition) is 0. The number of halogens is 1. The van der Waals surface area contributed by atoms with E-state index < -0.39 is 0 Å². The molecule has 4 heterocycles.